The maximum atomic E-state index is 10.3. The van der Waals surface area contributed by atoms with Gasteiger partial charge in [-0.2, -0.15) is 0 Å². The van der Waals surface area contributed by atoms with E-state index >= 15 is 0 Å². The molecule has 0 saturated carbocycles. The summed E-state index contributed by atoms with van der Waals surface area (Å²) in [7, 11) is 0. The highest BCUT2D eigenvalue weighted by Gasteiger charge is 2.08. The zero-order chi connectivity index (χ0) is 12.3. The number of thiophene rings is 1. The number of hydrogen-bond donors (Lipinski definition) is 2. The van der Waals surface area contributed by atoms with Crippen molar-refractivity contribution in [1.82, 2.24) is 9.97 Å². The van der Waals surface area contributed by atoms with Gasteiger partial charge in [-0.1, -0.05) is 6.92 Å². The van der Waals surface area contributed by atoms with Crippen LogP contribution in [0.2, 0.25) is 0 Å². The van der Waals surface area contributed by atoms with Crippen LogP contribution in [-0.4, -0.2) is 27.7 Å². The van der Waals surface area contributed by atoms with Gasteiger partial charge in [-0.3, -0.25) is 4.84 Å². The number of fused-ring (bicyclic) bond motifs is 1. The number of carbonyl (C=O) groups is 1. The molecule has 0 aliphatic carbocycles. The fourth-order valence-electron chi connectivity index (χ4n) is 1.33. The number of nitrogens with zero attached hydrogens (tertiary/aromatic N) is 2. The van der Waals surface area contributed by atoms with Gasteiger partial charge in [0.25, 0.3) is 0 Å². The van der Waals surface area contributed by atoms with Crippen molar-refractivity contribution < 1.29 is 14.7 Å². The minimum absolute atomic E-state index is 0.420. The third-order valence-electron chi connectivity index (χ3n) is 2.09. The zero-order valence-corrected chi connectivity index (χ0v) is 9.95. The summed E-state index contributed by atoms with van der Waals surface area (Å²) in [6.45, 7) is 1.64. The summed E-state index contributed by atoms with van der Waals surface area (Å²) in [5.74, 6) is -0.547. The lowest BCUT2D eigenvalue weighted by molar-refractivity contribution is -0.141. The van der Waals surface area contributed by atoms with Crippen molar-refractivity contribution in [2.45, 2.75) is 13.3 Å². The fraction of sp³-hybridized carbons (Fsp3) is 0.300. The van der Waals surface area contributed by atoms with Gasteiger partial charge in [-0.05, 0) is 12.5 Å². The summed E-state index contributed by atoms with van der Waals surface area (Å²) < 4.78 is 0. The third kappa shape index (κ3) is 2.69. The second kappa shape index (κ2) is 5.07. The van der Waals surface area contributed by atoms with Gasteiger partial charge in [0.15, 0.2) is 12.4 Å². The fourth-order valence-corrected chi connectivity index (χ4v) is 2.26. The van der Waals surface area contributed by atoms with Crippen LogP contribution in [0.15, 0.2) is 12.4 Å². The Morgan fingerprint density at radius 3 is 3.12 bits per heavy atom. The minimum Gasteiger partial charge on any atom is -0.479 e. The Morgan fingerprint density at radius 1 is 1.59 bits per heavy atom. The molecular formula is C10H11N3O3S. The van der Waals surface area contributed by atoms with Crippen LogP contribution in [0.4, 0.5) is 5.82 Å². The van der Waals surface area contributed by atoms with E-state index in [0.29, 0.717) is 5.82 Å². The molecule has 0 atom stereocenters. The van der Waals surface area contributed by atoms with E-state index in [1.807, 2.05) is 6.07 Å². The van der Waals surface area contributed by atoms with Crippen molar-refractivity contribution in [2.75, 3.05) is 12.1 Å². The molecular weight excluding hydrogens is 242 g/mol. The van der Waals surface area contributed by atoms with Gasteiger partial charge in [-0.25, -0.2) is 20.2 Å². The molecule has 2 heterocycles. The zero-order valence-electron chi connectivity index (χ0n) is 9.14. The minimum atomic E-state index is -1.04. The van der Waals surface area contributed by atoms with Gasteiger partial charge in [0.2, 0.25) is 0 Å². The number of nitrogens with one attached hydrogen (secondary N) is 1. The first-order valence-electron chi connectivity index (χ1n) is 5.03. The number of carboxylic acid groups (broad SMARTS) is 1. The molecule has 0 aliphatic rings. The molecule has 90 valence electrons. The first-order chi connectivity index (χ1) is 8.20. The lowest BCUT2D eigenvalue weighted by Gasteiger charge is -2.04. The molecule has 0 spiro atoms. The van der Waals surface area contributed by atoms with Crippen molar-refractivity contribution in [3.8, 4) is 0 Å². The summed E-state index contributed by atoms with van der Waals surface area (Å²) in [4.78, 5) is 25.3. The van der Waals surface area contributed by atoms with Crippen LogP contribution in [-0.2, 0) is 16.1 Å². The van der Waals surface area contributed by atoms with Crippen molar-refractivity contribution in [1.29, 1.82) is 0 Å². The SMILES string of the molecule is CCc1cc2c(NOCC(=O)O)ncnc2s1. The monoisotopic (exact) mass is 253 g/mol. The lowest BCUT2D eigenvalue weighted by Crippen LogP contribution is -2.12. The Kier molecular flexibility index (Phi) is 3.50. The Bertz CT molecular complexity index is 541. The molecule has 0 amide bonds. The van der Waals surface area contributed by atoms with Crippen LogP contribution >= 0.6 is 11.3 Å². The standard InChI is InChI=1S/C10H11N3O3S/c1-2-6-3-7-9(13-16-4-8(14)15)11-5-12-10(7)17-6/h3,5H,2,4H2,1H3,(H,14,15)(H,11,12,13). The molecule has 2 aromatic rings. The normalized spacial score (nSPS) is 10.6. The topological polar surface area (TPSA) is 84.3 Å². The number of carboxylic acids is 1. The predicted molar refractivity (Wildman–Crippen MR) is 64.0 cm³/mol. The van der Waals surface area contributed by atoms with Crippen LogP contribution < -0.4 is 5.48 Å². The van der Waals surface area contributed by atoms with Gasteiger partial charge in [0.1, 0.15) is 11.2 Å². The molecule has 0 aromatic carbocycles. The Balaban J connectivity index is 2.21. The number of hydrogen-bond acceptors (Lipinski definition) is 6. The first-order valence-corrected chi connectivity index (χ1v) is 5.85. The largest absolute Gasteiger partial charge is 0.479 e. The maximum absolute atomic E-state index is 10.3. The van der Waals surface area contributed by atoms with Gasteiger partial charge < -0.3 is 5.11 Å². The average Bonchev–Trinajstić information content (AvgIpc) is 2.72. The van der Waals surface area contributed by atoms with E-state index in [0.717, 1.165) is 16.6 Å². The molecule has 2 aromatic heterocycles. The second-order valence-corrected chi connectivity index (χ2v) is 4.41. The summed E-state index contributed by atoms with van der Waals surface area (Å²) in [6, 6.07) is 1.98. The third-order valence-corrected chi connectivity index (χ3v) is 3.28. The molecule has 2 N–H and O–H groups in total. The number of aliphatic carboxylic acids is 1. The first kappa shape index (κ1) is 11.7. The molecule has 7 heteroatoms. The molecule has 6 nitrogen and oxygen atoms in total. The summed E-state index contributed by atoms with van der Waals surface area (Å²) in [5.41, 5.74) is 2.53. The Morgan fingerprint density at radius 2 is 2.41 bits per heavy atom. The molecule has 0 unspecified atom stereocenters. The smallest absolute Gasteiger partial charge is 0.332 e. The van der Waals surface area contributed by atoms with Crippen molar-refractivity contribution in [3.05, 3.63) is 17.3 Å². The molecule has 17 heavy (non-hydrogen) atoms. The molecule has 0 aliphatic heterocycles. The highest BCUT2D eigenvalue weighted by Crippen LogP contribution is 2.28. The highest BCUT2D eigenvalue weighted by molar-refractivity contribution is 7.18. The lowest BCUT2D eigenvalue weighted by atomic mass is 10.3. The van der Waals surface area contributed by atoms with Gasteiger partial charge in [-0.15, -0.1) is 11.3 Å². The molecule has 0 fully saturated rings. The van der Waals surface area contributed by atoms with Crippen LogP contribution in [0.25, 0.3) is 10.2 Å². The predicted octanol–water partition coefficient (Wildman–Crippen LogP) is 1.68. The molecule has 0 saturated heterocycles. The van der Waals surface area contributed by atoms with Gasteiger partial charge in [0, 0.05) is 4.88 Å². The van der Waals surface area contributed by atoms with E-state index in [1.165, 1.54) is 11.2 Å². The van der Waals surface area contributed by atoms with Crippen molar-refractivity contribution in [2.24, 2.45) is 0 Å². The maximum Gasteiger partial charge on any atom is 0.332 e. The number of aromatic nitrogens is 2. The quantitative estimate of drug-likeness (QED) is 0.789. The Labute approximate surface area is 101 Å². The van der Waals surface area contributed by atoms with Gasteiger partial charge in [0.05, 0.1) is 5.39 Å². The second-order valence-electron chi connectivity index (χ2n) is 3.29. The van der Waals surface area contributed by atoms with Crippen LogP contribution in [0.1, 0.15) is 11.8 Å². The number of rotatable bonds is 5. The van der Waals surface area contributed by atoms with E-state index in [1.54, 1.807) is 11.3 Å². The molecule has 0 bridgehead atoms. The van der Waals surface area contributed by atoms with Gasteiger partial charge >= 0.3 is 5.97 Å². The van der Waals surface area contributed by atoms with Crippen LogP contribution in [0.5, 0.6) is 0 Å². The molecule has 2 rings (SSSR count). The van der Waals surface area contributed by atoms with E-state index in [-0.39, 0.29) is 0 Å². The highest BCUT2D eigenvalue weighted by atomic mass is 32.1. The molecule has 0 radical (unpaired) electrons. The number of anilines is 1. The van der Waals surface area contributed by atoms with E-state index in [4.69, 9.17) is 9.94 Å². The van der Waals surface area contributed by atoms with E-state index in [2.05, 4.69) is 22.4 Å². The van der Waals surface area contributed by atoms with E-state index < -0.39 is 12.6 Å². The van der Waals surface area contributed by atoms with Crippen molar-refractivity contribution in [3.63, 3.8) is 0 Å². The van der Waals surface area contributed by atoms with E-state index in [9.17, 15) is 4.79 Å². The van der Waals surface area contributed by atoms with Crippen LogP contribution in [0.3, 0.4) is 0 Å². The number of aryl methyl sites for hydroxylation is 1. The van der Waals surface area contributed by atoms with Crippen molar-refractivity contribution >= 4 is 33.3 Å². The van der Waals surface area contributed by atoms with Crippen LogP contribution in [0, 0.1) is 0 Å². The average molecular weight is 253 g/mol. The Hall–Kier alpha value is -1.73. The summed E-state index contributed by atoms with van der Waals surface area (Å²) >= 11 is 1.59. The summed E-state index contributed by atoms with van der Waals surface area (Å²) in [6.07, 6.45) is 2.35. The summed E-state index contributed by atoms with van der Waals surface area (Å²) in [5, 5.41) is 9.30.